The molecule has 0 saturated carbocycles. The molecular formula is C27H34Cl2N6O. The van der Waals surface area contributed by atoms with Gasteiger partial charge in [0, 0.05) is 31.2 Å². The number of rotatable bonds is 9. The standard InChI is InChI=1S/C27H32N6O.2ClH/c1-21-18-25-29-20-30-33(25)31-27(21)34-17-9-8-14-24-19-32(16-15-28-24)26(22-10-4-2-5-11-22)23-12-6-3-7-13-23;;/h2-7,10-13,18,20,24,26,28H,8-9,14-17,19H2,1H3;2*1H. The first-order chi connectivity index (χ1) is 16.8. The molecule has 1 saturated heterocycles. The fourth-order valence-corrected chi connectivity index (χ4v) is 4.81. The minimum Gasteiger partial charge on any atom is -0.476 e. The summed E-state index contributed by atoms with van der Waals surface area (Å²) in [6.45, 7) is 5.75. The number of ether oxygens (including phenoxy) is 1. The van der Waals surface area contributed by atoms with E-state index in [0.717, 1.165) is 50.1 Å². The third-order valence-corrected chi connectivity index (χ3v) is 6.49. The van der Waals surface area contributed by atoms with Gasteiger partial charge < -0.3 is 10.1 Å². The molecule has 192 valence electrons. The van der Waals surface area contributed by atoms with Crippen LogP contribution in [-0.2, 0) is 0 Å². The lowest BCUT2D eigenvalue weighted by Gasteiger charge is -2.39. The highest BCUT2D eigenvalue weighted by Crippen LogP contribution is 2.29. The maximum absolute atomic E-state index is 5.95. The molecule has 1 aliphatic heterocycles. The Bertz CT molecular complexity index is 1150. The van der Waals surface area contributed by atoms with Crippen molar-refractivity contribution in [2.75, 3.05) is 26.2 Å². The fourth-order valence-electron chi connectivity index (χ4n) is 4.81. The average molecular weight is 530 g/mol. The Morgan fingerprint density at radius 1 is 1.00 bits per heavy atom. The summed E-state index contributed by atoms with van der Waals surface area (Å²) in [4.78, 5) is 6.79. The van der Waals surface area contributed by atoms with E-state index in [0.29, 0.717) is 18.5 Å². The number of hydrogen-bond donors (Lipinski definition) is 1. The quantitative estimate of drug-likeness (QED) is 0.312. The smallest absolute Gasteiger partial charge is 0.236 e. The van der Waals surface area contributed by atoms with Gasteiger partial charge in [0.25, 0.3) is 0 Å². The van der Waals surface area contributed by atoms with Crippen LogP contribution in [0, 0.1) is 6.92 Å². The normalized spacial score (nSPS) is 15.9. The summed E-state index contributed by atoms with van der Waals surface area (Å²) in [5.41, 5.74) is 4.44. The zero-order valence-electron chi connectivity index (χ0n) is 20.5. The minimum absolute atomic E-state index is 0. The molecule has 5 rings (SSSR count). The van der Waals surface area contributed by atoms with Crippen molar-refractivity contribution in [3.8, 4) is 5.88 Å². The second kappa shape index (κ2) is 13.6. The Balaban J connectivity index is 0.00000180. The molecule has 36 heavy (non-hydrogen) atoms. The van der Waals surface area contributed by atoms with Crippen molar-refractivity contribution in [3.05, 3.63) is 89.7 Å². The summed E-state index contributed by atoms with van der Waals surface area (Å²) in [7, 11) is 0. The predicted molar refractivity (Wildman–Crippen MR) is 147 cm³/mol. The van der Waals surface area contributed by atoms with Crippen molar-refractivity contribution in [3.63, 3.8) is 0 Å². The lowest BCUT2D eigenvalue weighted by molar-refractivity contribution is 0.157. The molecule has 7 nitrogen and oxygen atoms in total. The largest absolute Gasteiger partial charge is 0.476 e. The van der Waals surface area contributed by atoms with Crippen molar-refractivity contribution in [2.24, 2.45) is 0 Å². The highest BCUT2D eigenvalue weighted by molar-refractivity contribution is 5.85. The van der Waals surface area contributed by atoms with Crippen LogP contribution in [-0.4, -0.2) is 57.0 Å². The number of nitrogens with one attached hydrogen (secondary N) is 1. The first-order valence-electron chi connectivity index (χ1n) is 12.2. The van der Waals surface area contributed by atoms with Crippen LogP contribution in [0.1, 0.15) is 42.0 Å². The van der Waals surface area contributed by atoms with E-state index >= 15 is 0 Å². The Kier molecular flexibility index (Phi) is 10.5. The highest BCUT2D eigenvalue weighted by atomic mass is 35.5. The number of hydrogen-bond acceptors (Lipinski definition) is 6. The molecule has 1 aliphatic rings. The van der Waals surface area contributed by atoms with Crippen molar-refractivity contribution in [1.82, 2.24) is 30.0 Å². The third kappa shape index (κ3) is 6.73. The summed E-state index contributed by atoms with van der Waals surface area (Å²) >= 11 is 0. The Hall–Kier alpha value is -2.71. The molecule has 3 heterocycles. The Morgan fingerprint density at radius 3 is 2.39 bits per heavy atom. The number of aromatic nitrogens is 4. The summed E-state index contributed by atoms with van der Waals surface area (Å²) in [6.07, 6.45) is 4.74. The molecule has 4 aromatic rings. The van der Waals surface area contributed by atoms with Crippen LogP contribution in [0.15, 0.2) is 73.1 Å². The van der Waals surface area contributed by atoms with Gasteiger partial charge in [0.15, 0.2) is 5.65 Å². The minimum atomic E-state index is 0. The molecule has 0 radical (unpaired) electrons. The molecule has 1 atom stereocenters. The van der Waals surface area contributed by atoms with E-state index in [1.165, 1.54) is 22.1 Å². The van der Waals surface area contributed by atoms with Crippen molar-refractivity contribution >= 4 is 30.5 Å². The van der Waals surface area contributed by atoms with Crippen LogP contribution in [0.2, 0.25) is 0 Å². The molecule has 9 heteroatoms. The fraction of sp³-hybridized carbons (Fsp3) is 0.370. The molecule has 1 N–H and O–H groups in total. The first kappa shape index (κ1) is 27.9. The number of fused-ring (bicyclic) bond motifs is 1. The van der Waals surface area contributed by atoms with Gasteiger partial charge in [-0.1, -0.05) is 60.7 Å². The molecule has 1 fully saturated rings. The zero-order chi connectivity index (χ0) is 23.2. The van der Waals surface area contributed by atoms with E-state index < -0.39 is 0 Å². The van der Waals surface area contributed by atoms with E-state index in [-0.39, 0.29) is 30.9 Å². The lowest BCUT2D eigenvalue weighted by atomic mass is 9.95. The number of unbranched alkanes of at least 4 members (excludes halogenated alkanes) is 1. The van der Waals surface area contributed by atoms with Gasteiger partial charge >= 0.3 is 0 Å². The van der Waals surface area contributed by atoms with E-state index in [9.17, 15) is 0 Å². The van der Waals surface area contributed by atoms with Crippen LogP contribution in [0.5, 0.6) is 5.88 Å². The SMILES string of the molecule is Cc1cc2ncnn2nc1OCCCCC1CN(C(c2ccccc2)c2ccccc2)CCN1.Cl.Cl. The summed E-state index contributed by atoms with van der Waals surface area (Å²) < 4.78 is 7.46. The Morgan fingerprint density at radius 2 is 1.69 bits per heavy atom. The second-order valence-corrected chi connectivity index (χ2v) is 8.95. The van der Waals surface area contributed by atoms with Crippen molar-refractivity contribution < 1.29 is 4.74 Å². The van der Waals surface area contributed by atoms with Gasteiger partial charge in [-0.05, 0) is 43.4 Å². The second-order valence-electron chi connectivity index (χ2n) is 8.95. The van der Waals surface area contributed by atoms with E-state index in [2.05, 4.69) is 86.1 Å². The topological polar surface area (TPSA) is 67.6 Å². The molecule has 1 unspecified atom stereocenters. The lowest BCUT2D eigenvalue weighted by Crippen LogP contribution is -2.51. The first-order valence-corrected chi connectivity index (χ1v) is 12.2. The molecule has 0 aliphatic carbocycles. The van der Waals surface area contributed by atoms with Gasteiger partial charge in [0.2, 0.25) is 5.88 Å². The zero-order valence-corrected chi connectivity index (χ0v) is 22.1. The number of benzene rings is 2. The van der Waals surface area contributed by atoms with Gasteiger partial charge in [-0.2, -0.15) is 0 Å². The maximum Gasteiger partial charge on any atom is 0.236 e. The summed E-state index contributed by atoms with van der Waals surface area (Å²) in [6, 6.07) is 24.5. The number of aryl methyl sites for hydroxylation is 1. The molecule has 2 aromatic heterocycles. The highest BCUT2D eigenvalue weighted by Gasteiger charge is 2.27. The van der Waals surface area contributed by atoms with Gasteiger partial charge in [0.1, 0.15) is 6.33 Å². The maximum atomic E-state index is 5.95. The summed E-state index contributed by atoms with van der Waals surface area (Å²) in [5.74, 6) is 0.633. The predicted octanol–water partition coefficient (Wildman–Crippen LogP) is 4.89. The monoisotopic (exact) mass is 528 g/mol. The van der Waals surface area contributed by atoms with Crippen LogP contribution in [0.4, 0.5) is 0 Å². The molecule has 0 spiro atoms. The molecular weight excluding hydrogens is 495 g/mol. The summed E-state index contributed by atoms with van der Waals surface area (Å²) in [5, 5.41) is 12.2. The van der Waals surface area contributed by atoms with E-state index in [4.69, 9.17) is 4.74 Å². The van der Waals surface area contributed by atoms with Crippen LogP contribution >= 0.6 is 24.8 Å². The van der Waals surface area contributed by atoms with E-state index in [1.54, 1.807) is 0 Å². The number of piperazine rings is 1. The average Bonchev–Trinajstić information content (AvgIpc) is 3.33. The Labute approximate surface area is 225 Å². The number of halogens is 2. The third-order valence-electron chi connectivity index (χ3n) is 6.49. The van der Waals surface area contributed by atoms with Gasteiger partial charge in [-0.15, -0.1) is 39.6 Å². The number of nitrogens with zero attached hydrogens (tertiary/aromatic N) is 5. The van der Waals surface area contributed by atoms with Crippen LogP contribution in [0.3, 0.4) is 0 Å². The van der Waals surface area contributed by atoms with E-state index in [1.807, 2.05) is 13.0 Å². The molecule has 0 amide bonds. The molecule has 0 bridgehead atoms. The van der Waals surface area contributed by atoms with Gasteiger partial charge in [0.05, 0.1) is 12.6 Å². The van der Waals surface area contributed by atoms with Crippen molar-refractivity contribution in [2.45, 2.75) is 38.3 Å². The van der Waals surface area contributed by atoms with Gasteiger partial charge in [-0.25, -0.2) is 4.98 Å². The van der Waals surface area contributed by atoms with Crippen LogP contribution in [0.25, 0.3) is 5.65 Å². The van der Waals surface area contributed by atoms with Gasteiger partial charge in [-0.3, -0.25) is 4.90 Å². The molecule has 2 aromatic carbocycles. The van der Waals surface area contributed by atoms with Crippen molar-refractivity contribution in [1.29, 1.82) is 0 Å². The van der Waals surface area contributed by atoms with Crippen LogP contribution < -0.4 is 10.1 Å².